The maximum Gasteiger partial charge on any atom is 0.270 e. The van der Waals surface area contributed by atoms with Crippen molar-refractivity contribution in [3.63, 3.8) is 0 Å². The van der Waals surface area contributed by atoms with E-state index in [2.05, 4.69) is 15.6 Å². The first-order chi connectivity index (χ1) is 11.1. The maximum absolute atomic E-state index is 13.7. The number of amides is 1. The van der Waals surface area contributed by atoms with Gasteiger partial charge in [-0.3, -0.25) is 4.79 Å². The normalized spacial score (nSPS) is 10.3. The number of methoxy groups -OCH3 is 1. The zero-order chi connectivity index (χ0) is 16.7. The average molecular weight is 378 g/mol. The minimum absolute atomic E-state index is 0. The van der Waals surface area contributed by atoms with Crippen molar-refractivity contribution >= 4 is 29.7 Å². The van der Waals surface area contributed by atoms with Crippen molar-refractivity contribution in [3.05, 3.63) is 40.9 Å². The molecule has 0 unspecified atom stereocenters. The maximum atomic E-state index is 13.7. The lowest BCUT2D eigenvalue weighted by Crippen LogP contribution is -2.33. The van der Waals surface area contributed by atoms with Gasteiger partial charge in [0.05, 0.1) is 12.2 Å². The first-order valence-electron chi connectivity index (χ1n) is 7.01. The molecule has 2 N–H and O–H groups in total. The molecule has 1 aromatic carbocycles. The summed E-state index contributed by atoms with van der Waals surface area (Å²) < 4.78 is 32.3. The number of rotatable bonds is 8. The lowest BCUT2D eigenvalue weighted by atomic mass is 10.2. The molecule has 5 nitrogen and oxygen atoms in total. The van der Waals surface area contributed by atoms with Crippen molar-refractivity contribution in [3.8, 4) is 10.6 Å². The zero-order valence-corrected chi connectivity index (χ0v) is 14.6. The molecule has 0 aliphatic carbocycles. The third kappa shape index (κ3) is 5.48. The highest BCUT2D eigenvalue weighted by atomic mass is 35.5. The fourth-order valence-electron chi connectivity index (χ4n) is 1.85. The fraction of sp³-hybridized carbons (Fsp3) is 0.333. The number of benzene rings is 1. The number of ether oxygens (including phenoxy) is 1. The molecular weight excluding hydrogens is 360 g/mol. The number of carbonyl (C=O) groups excluding carboxylic acids is 1. The van der Waals surface area contributed by atoms with Crippen molar-refractivity contribution in [1.29, 1.82) is 0 Å². The molecule has 0 bridgehead atoms. The van der Waals surface area contributed by atoms with Gasteiger partial charge in [0.25, 0.3) is 5.91 Å². The van der Waals surface area contributed by atoms with Gasteiger partial charge in [0.1, 0.15) is 22.3 Å². The standard InChI is InChI=1S/C15H17F2N3O2S.ClH/c1-22-8-7-18-5-6-19-14(21)12-9-23-15(20-12)13-10(16)3-2-4-11(13)17;/h2-4,9,18H,5-8H2,1H3,(H,19,21);1H. The number of nitrogens with zero attached hydrogens (tertiary/aromatic N) is 1. The lowest BCUT2D eigenvalue weighted by Gasteiger charge is -2.05. The molecule has 0 radical (unpaired) electrons. The minimum Gasteiger partial charge on any atom is -0.383 e. The second-order valence-electron chi connectivity index (χ2n) is 4.63. The SMILES string of the molecule is COCCNCCNC(=O)c1csc(-c2c(F)cccc2F)n1.Cl. The Morgan fingerprint density at radius 3 is 2.62 bits per heavy atom. The van der Waals surface area contributed by atoms with Crippen LogP contribution in [-0.4, -0.2) is 44.2 Å². The van der Waals surface area contributed by atoms with Crippen molar-refractivity contribution in [2.24, 2.45) is 0 Å². The van der Waals surface area contributed by atoms with Gasteiger partial charge in [-0.2, -0.15) is 0 Å². The minimum atomic E-state index is -0.700. The Balaban J connectivity index is 0.00000288. The van der Waals surface area contributed by atoms with Crippen molar-refractivity contribution < 1.29 is 18.3 Å². The van der Waals surface area contributed by atoms with Crippen LogP contribution in [0.1, 0.15) is 10.5 Å². The van der Waals surface area contributed by atoms with Crippen LogP contribution in [-0.2, 0) is 4.74 Å². The molecule has 0 aliphatic rings. The van der Waals surface area contributed by atoms with Crippen molar-refractivity contribution in [2.45, 2.75) is 0 Å². The molecule has 2 aromatic rings. The topological polar surface area (TPSA) is 63.2 Å². The van der Waals surface area contributed by atoms with E-state index in [1.54, 1.807) is 7.11 Å². The van der Waals surface area contributed by atoms with Gasteiger partial charge in [0, 0.05) is 32.1 Å². The van der Waals surface area contributed by atoms with Crippen LogP contribution in [0.15, 0.2) is 23.6 Å². The molecule has 24 heavy (non-hydrogen) atoms. The Kier molecular flexibility index (Phi) is 8.77. The third-order valence-electron chi connectivity index (χ3n) is 2.98. The van der Waals surface area contributed by atoms with Gasteiger partial charge in [-0.05, 0) is 12.1 Å². The molecule has 132 valence electrons. The summed E-state index contributed by atoms with van der Waals surface area (Å²) in [7, 11) is 1.61. The van der Waals surface area contributed by atoms with Gasteiger partial charge in [-0.25, -0.2) is 13.8 Å². The molecular formula is C15H18ClF2N3O2S. The summed E-state index contributed by atoms with van der Waals surface area (Å²) in [5, 5.41) is 7.39. The summed E-state index contributed by atoms with van der Waals surface area (Å²) in [6.07, 6.45) is 0. The van der Waals surface area contributed by atoms with Gasteiger partial charge in [0.2, 0.25) is 0 Å². The first-order valence-corrected chi connectivity index (χ1v) is 7.89. The second-order valence-corrected chi connectivity index (χ2v) is 5.49. The second kappa shape index (κ2) is 10.3. The van der Waals surface area contributed by atoms with E-state index in [0.717, 1.165) is 23.5 Å². The predicted molar refractivity (Wildman–Crippen MR) is 91.8 cm³/mol. The molecule has 0 spiro atoms. The Bertz CT molecular complexity index is 650. The van der Waals surface area contributed by atoms with Crippen LogP contribution in [0, 0.1) is 11.6 Å². The molecule has 0 atom stereocenters. The van der Waals surface area contributed by atoms with E-state index in [9.17, 15) is 13.6 Å². The van der Waals surface area contributed by atoms with Gasteiger partial charge < -0.3 is 15.4 Å². The Morgan fingerprint density at radius 2 is 1.96 bits per heavy atom. The van der Waals surface area contributed by atoms with E-state index < -0.39 is 11.6 Å². The van der Waals surface area contributed by atoms with E-state index in [4.69, 9.17) is 4.74 Å². The summed E-state index contributed by atoms with van der Waals surface area (Å²) in [4.78, 5) is 16.0. The quantitative estimate of drug-likeness (QED) is 0.694. The van der Waals surface area contributed by atoms with E-state index >= 15 is 0 Å². The summed E-state index contributed by atoms with van der Waals surface area (Å²) in [5.41, 5.74) is -0.0673. The van der Waals surface area contributed by atoms with Crippen LogP contribution in [0.25, 0.3) is 10.6 Å². The molecule has 2 rings (SSSR count). The number of carbonyl (C=O) groups is 1. The Labute approximate surface area is 148 Å². The number of hydrogen-bond acceptors (Lipinski definition) is 5. The average Bonchev–Trinajstić information content (AvgIpc) is 3.00. The smallest absolute Gasteiger partial charge is 0.270 e. The van der Waals surface area contributed by atoms with Crippen LogP contribution in [0.5, 0.6) is 0 Å². The van der Waals surface area contributed by atoms with Gasteiger partial charge in [-0.1, -0.05) is 6.07 Å². The first kappa shape index (κ1) is 20.4. The number of hydrogen-bond donors (Lipinski definition) is 2. The summed E-state index contributed by atoms with van der Waals surface area (Å²) in [5.74, 6) is -1.78. The number of thiazole rings is 1. The zero-order valence-electron chi connectivity index (χ0n) is 13.0. The third-order valence-corrected chi connectivity index (χ3v) is 3.84. The molecule has 0 saturated heterocycles. The summed E-state index contributed by atoms with van der Waals surface area (Å²) in [6.45, 7) is 2.30. The molecule has 0 fully saturated rings. The number of halogens is 3. The Hall–Kier alpha value is -1.61. The van der Waals surface area contributed by atoms with Crippen LogP contribution in [0.2, 0.25) is 0 Å². The van der Waals surface area contributed by atoms with Gasteiger partial charge in [-0.15, -0.1) is 23.7 Å². The van der Waals surface area contributed by atoms with Gasteiger partial charge in [0.15, 0.2) is 0 Å². The van der Waals surface area contributed by atoms with Crippen LogP contribution in [0.3, 0.4) is 0 Å². The van der Waals surface area contributed by atoms with E-state index in [0.29, 0.717) is 26.2 Å². The van der Waals surface area contributed by atoms with Gasteiger partial charge >= 0.3 is 0 Å². The number of nitrogens with one attached hydrogen (secondary N) is 2. The van der Waals surface area contributed by atoms with E-state index in [1.807, 2.05) is 0 Å². The molecule has 1 aromatic heterocycles. The number of aromatic nitrogens is 1. The summed E-state index contributed by atoms with van der Waals surface area (Å²) >= 11 is 1.03. The highest BCUT2D eigenvalue weighted by Gasteiger charge is 2.17. The highest BCUT2D eigenvalue weighted by Crippen LogP contribution is 2.28. The van der Waals surface area contributed by atoms with Crippen LogP contribution < -0.4 is 10.6 Å². The fourth-order valence-corrected chi connectivity index (χ4v) is 2.70. The largest absolute Gasteiger partial charge is 0.383 e. The molecule has 1 heterocycles. The van der Waals surface area contributed by atoms with Crippen molar-refractivity contribution in [2.75, 3.05) is 33.4 Å². The molecule has 0 aliphatic heterocycles. The Morgan fingerprint density at radius 1 is 1.25 bits per heavy atom. The molecule has 1 amide bonds. The highest BCUT2D eigenvalue weighted by molar-refractivity contribution is 7.13. The molecule has 0 saturated carbocycles. The van der Waals surface area contributed by atoms with E-state index in [1.165, 1.54) is 11.4 Å². The molecule has 9 heteroatoms. The predicted octanol–water partition coefficient (Wildman–Crippen LogP) is 2.48. The lowest BCUT2D eigenvalue weighted by molar-refractivity contribution is 0.0949. The van der Waals surface area contributed by atoms with Crippen molar-refractivity contribution in [1.82, 2.24) is 15.6 Å². The van der Waals surface area contributed by atoms with Crippen LogP contribution >= 0.6 is 23.7 Å². The van der Waals surface area contributed by atoms with E-state index in [-0.39, 0.29) is 34.6 Å². The monoisotopic (exact) mass is 377 g/mol. The van der Waals surface area contributed by atoms with Crippen LogP contribution in [0.4, 0.5) is 8.78 Å². The summed E-state index contributed by atoms with van der Waals surface area (Å²) in [6, 6.07) is 3.60.